The Balaban J connectivity index is 1.20. The Kier molecular flexibility index (Phi) is 6.24. The average molecular weight is 520 g/mol. The SMILES string of the molecule is [B]C([B])([B])N1C(=O)C2(CCN(CCOc3cnc(C4(S(C)(=O)=O)CC4)nc3)CC2)c2cc(Cl)ccc21. The molecule has 0 atom stereocenters. The number of anilines is 1. The van der Waals surface area contributed by atoms with E-state index in [1.165, 1.54) is 23.5 Å². The van der Waals surface area contributed by atoms with Crippen LogP contribution in [0, 0.1) is 0 Å². The molecular formula is C23H24B3ClN4O4S. The predicted molar refractivity (Wildman–Crippen MR) is 140 cm³/mol. The van der Waals surface area contributed by atoms with Gasteiger partial charge in [-0.25, -0.2) is 18.4 Å². The number of nitrogens with zero attached hydrogens (tertiary/aromatic N) is 4. The van der Waals surface area contributed by atoms with E-state index in [4.69, 9.17) is 39.9 Å². The van der Waals surface area contributed by atoms with Crippen molar-refractivity contribution in [3.05, 3.63) is 47.0 Å². The number of sulfone groups is 1. The van der Waals surface area contributed by atoms with Crippen LogP contribution in [0.25, 0.3) is 0 Å². The highest BCUT2D eigenvalue weighted by Gasteiger charge is 2.56. The lowest BCUT2D eigenvalue weighted by Gasteiger charge is -2.40. The maximum atomic E-state index is 13.5. The summed E-state index contributed by atoms with van der Waals surface area (Å²) in [5.41, 5.74) is 0.630. The molecule has 1 saturated heterocycles. The summed E-state index contributed by atoms with van der Waals surface area (Å²) >= 11 is 6.26. The molecule has 1 spiro atoms. The summed E-state index contributed by atoms with van der Waals surface area (Å²) in [6.07, 6.45) is 6.48. The first-order chi connectivity index (χ1) is 16.9. The number of likely N-dealkylation sites (tertiary alicyclic amines) is 1. The van der Waals surface area contributed by atoms with E-state index in [0.29, 0.717) is 74.2 Å². The van der Waals surface area contributed by atoms with E-state index in [-0.39, 0.29) is 5.91 Å². The Bertz CT molecular complexity index is 1290. The van der Waals surface area contributed by atoms with E-state index >= 15 is 0 Å². The van der Waals surface area contributed by atoms with Gasteiger partial charge in [-0.2, -0.15) is 0 Å². The van der Waals surface area contributed by atoms with Crippen LogP contribution >= 0.6 is 11.6 Å². The molecule has 1 saturated carbocycles. The Morgan fingerprint density at radius 3 is 2.31 bits per heavy atom. The predicted octanol–water partition coefficient (Wildman–Crippen LogP) is 1.04. The normalized spacial score (nSPS) is 20.9. The fourth-order valence-corrected chi connectivity index (χ4v) is 6.80. The number of rotatable bonds is 7. The van der Waals surface area contributed by atoms with Gasteiger partial charge in [0.2, 0.25) is 5.91 Å². The summed E-state index contributed by atoms with van der Waals surface area (Å²) in [7, 11) is 14.6. The zero-order chi connectivity index (χ0) is 25.9. The van der Waals surface area contributed by atoms with Gasteiger partial charge in [0.1, 0.15) is 17.2 Å². The van der Waals surface area contributed by atoms with E-state index in [2.05, 4.69) is 14.9 Å². The number of aromatic nitrogens is 2. The first kappa shape index (κ1) is 25.6. The van der Waals surface area contributed by atoms with Gasteiger partial charge >= 0.3 is 0 Å². The summed E-state index contributed by atoms with van der Waals surface area (Å²) in [6, 6.07) is 5.23. The second-order valence-corrected chi connectivity index (χ2v) is 12.7. The van der Waals surface area contributed by atoms with Crippen LogP contribution in [0.4, 0.5) is 5.69 Å². The topological polar surface area (TPSA) is 92.7 Å². The van der Waals surface area contributed by atoms with Gasteiger partial charge in [0.15, 0.2) is 15.6 Å². The number of hydrogen-bond donors (Lipinski definition) is 0. The number of fused-ring (bicyclic) bond motifs is 2. The Morgan fingerprint density at radius 1 is 1.11 bits per heavy atom. The summed E-state index contributed by atoms with van der Waals surface area (Å²) in [5.74, 6) is 0.598. The average Bonchev–Trinajstić information content (AvgIpc) is 3.59. The molecule has 1 aromatic carbocycles. The number of ether oxygens (including phenoxy) is 1. The number of carbonyl (C=O) groups excluding carboxylic acids is 1. The molecule has 36 heavy (non-hydrogen) atoms. The van der Waals surface area contributed by atoms with E-state index in [1.807, 2.05) is 0 Å². The number of piperidine rings is 1. The van der Waals surface area contributed by atoms with Crippen LogP contribution in [0.3, 0.4) is 0 Å². The van der Waals surface area contributed by atoms with E-state index in [9.17, 15) is 13.2 Å². The fourth-order valence-electron chi connectivity index (χ4n) is 5.34. The molecule has 182 valence electrons. The molecule has 5 rings (SSSR count). The standard InChI is InChI=1S/C23H24B3ClN4O4S/c1-36(33,34)22(4-5-22)19-28-13-16(14-29-19)35-11-10-30-8-6-21(7-9-30)17-12-15(27)2-3-18(17)31(20(21)32)23(24,25)26/h2-3,12-14H,4-11H2,1H3. The molecule has 13 heteroatoms. The van der Waals surface area contributed by atoms with Gasteiger partial charge in [-0.1, -0.05) is 16.8 Å². The van der Waals surface area contributed by atoms with Crippen molar-refractivity contribution < 1.29 is 17.9 Å². The van der Waals surface area contributed by atoms with Crippen LogP contribution in [0.5, 0.6) is 5.75 Å². The highest BCUT2D eigenvalue weighted by molar-refractivity contribution is 7.91. The van der Waals surface area contributed by atoms with Gasteiger partial charge in [0.05, 0.1) is 41.3 Å². The van der Waals surface area contributed by atoms with Crippen LogP contribution in [-0.2, 0) is 24.8 Å². The molecule has 1 aliphatic carbocycles. The molecule has 2 fully saturated rings. The van der Waals surface area contributed by atoms with Crippen molar-refractivity contribution in [3.8, 4) is 5.75 Å². The minimum absolute atomic E-state index is 0.206. The van der Waals surface area contributed by atoms with Gasteiger partial charge in [-0.3, -0.25) is 9.69 Å². The molecular weight excluding hydrogens is 496 g/mol. The monoisotopic (exact) mass is 520 g/mol. The van der Waals surface area contributed by atoms with Crippen LogP contribution < -0.4 is 9.64 Å². The third-order valence-corrected chi connectivity index (χ3v) is 9.80. The number of hydrogen-bond acceptors (Lipinski definition) is 7. The zero-order valence-electron chi connectivity index (χ0n) is 20.0. The van der Waals surface area contributed by atoms with Crippen LogP contribution in [0.15, 0.2) is 30.6 Å². The maximum absolute atomic E-state index is 13.5. The van der Waals surface area contributed by atoms with Crippen molar-refractivity contribution in [1.82, 2.24) is 14.9 Å². The highest BCUT2D eigenvalue weighted by Crippen LogP contribution is 2.51. The van der Waals surface area contributed by atoms with E-state index in [1.54, 1.807) is 18.2 Å². The lowest BCUT2D eigenvalue weighted by atomic mass is 9.48. The summed E-state index contributed by atoms with van der Waals surface area (Å²) < 4.78 is 28.9. The van der Waals surface area contributed by atoms with Gasteiger partial charge < -0.3 is 9.64 Å². The molecule has 1 amide bonds. The summed E-state index contributed by atoms with van der Waals surface area (Å²) in [4.78, 5) is 25.5. The molecule has 0 unspecified atom stereocenters. The van der Waals surface area contributed by atoms with Gasteiger partial charge in [-0.05, 0) is 62.5 Å². The Morgan fingerprint density at radius 2 is 1.75 bits per heavy atom. The van der Waals surface area contributed by atoms with Crippen molar-refractivity contribution >= 4 is 56.6 Å². The van der Waals surface area contributed by atoms with E-state index in [0.717, 1.165) is 5.56 Å². The zero-order valence-corrected chi connectivity index (χ0v) is 21.6. The Labute approximate surface area is 220 Å². The molecule has 6 radical (unpaired) electrons. The van der Waals surface area contributed by atoms with Gasteiger partial charge in [0, 0.05) is 23.5 Å². The van der Waals surface area contributed by atoms with Gasteiger partial charge in [0.25, 0.3) is 0 Å². The third-order valence-electron chi connectivity index (χ3n) is 7.55. The molecule has 3 aliphatic rings. The van der Waals surface area contributed by atoms with E-state index < -0.39 is 25.2 Å². The third kappa shape index (κ3) is 4.25. The number of carbonyl (C=O) groups is 1. The van der Waals surface area contributed by atoms with Gasteiger partial charge in [-0.15, -0.1) is 0 Å². The minimum Gasteiger partial charge on any atom is -0.489 e. The first-order valence-corrected chi connectivity index (χ1v) is 14.0. The number of benzene rings is 1. The number of amides is 1. The molecule has 1 aromatic heterocycles. The van der Waals surface area contributed by atoms with Crippen molar-refractivity contribution in [2.45, 2.75) is 41.1 Å². The quantitative estimate of drug-likeness (QED) is 0.504. The molecule has 2 aliphatic heterocycles. The lowest BCUT2D eigenvalue weighted by Crippen LogP contribution is -2.57. The second-order valence-electron chi connectivity index (χ2n) is 9.97. The molecule has 8 nitrogen and oxygen atoms in total. The maximum Gasteiger partial charge on any atom is 0.236 e. The Hall–Kier alpha value is -2.04. The summed E-state index contributed by atoms with van der Waals surface area (Å²) in [5, 5.41) is -1.28. The lowest BCUT2D eigenvalue weighted by molar-refractivity contribution is -0.125. The molecule has 0 N–H and O–H groups in total. The van der Waals surface area contributed by atoms with Crippen molar-refractivity contribution in [3.63, 3.8) is 0 Å². The smallest absolute Gasteiger partial charge is 0.236 e. The van der Waals surface area contributed by atoms with Crippen molar-refractivity contribution in [2.75, 3.05) is 37.4 Å². The molecule has 2 aromatic rings. The fraction of sp³-hybridized carbons (Fsp3) is 0.522. The summed E-state index contributed by atoms with van der Waals surface area (Å²) in [6.45, 7) is 2.36. The number of halogens is 1. The highest BCUT2D eigenvalue weighted by atomic mass is 35.5. The second kappa shape index (κ2) is 8.77. The minimum atomic E-state index is -3.26. The van der Waals surface area contributed by atoms with Crippen LogP contribution in [0.2, 0.25) is 5.02 Å². The van der Waals surface area contributed by atoms with Crippen molar-refractivity contribution in [2.24, 2.45) is 0 Å². The largest absolute Gasteiger partial charge is 0.489 e. The van der Waals surface area contributed by atoms with Crippen LogP contribution in [-0.4, -0.2) is 90.5 Å². The molecule has 3 heterocycles. The van der Waals surface area contributed by atoms with Crippen LogP contribution in [0.1, 0.15) is 37.1 Å². The molecule has 0 bridgehead atoms. The van der Waals surface area contributed by atoms with Crippen molar-refractivity contribution in [1.29, 1.82) is 0 Å². The first-order valence-electron chi connectivity index (χ1n) is 11.8.